The van der Waals surface area contributed by atoms with Crippen molar-refractivity contribution in [1.29, 1.82) is 0 Å². The van der Waals surface area contributed by atoms with Gasteiger partial charge in [-0.05, 0) is 0 Å². The number of rotatable bonds is 15. The molecule has 0 radical (unpaired) electrons. The van der Waals surface area contributed by atoms with Crippen LogP contribution in [0.1, 0.15) is 117 Å². The van der Waals surface area contributed by atoms with Gasteiger partial charge in [-0.1, -0.05) is 117 Å². The van der Waals surface area contributed by atoms with Crippen molar-refractivity contribution in [2.75, 3.05) is 0 Å². The van der Waals surface area contributed by atoms with Gasteiger partial charge in [0.2, 0.25) is 0 Å². The molecule has 0 amide bonds. The maximum atomic E-state index is 7.12. The Labute approximate surface area is 135 Å². The van der Waals surface area contributed by atoms with E-state index in [0.717, 1.165) is 0 Å². The van der Waals surface area contributed by atoms with E-state index in [2.05, 4.69) is 13.8 Å². The first-order valence-electron chi connectivity index (χ1n) is 9.55. The van der Waals surface area contributed by atoms with Crippen molar-refractivity contribution in [2.24, 2.45) is 0 Å². The topological polar surface area (TPSA) is 40.5 Å². The first-order valence-corrected chi connectivity index (χ1v) is 9.55. The van der Waals surface area contributed by atoms with Crippen LogP contribution in [0, 0.1) is 0 Å². The zero-order valence-corrected chi connectivity index (χ0v) is 14.9. The zero-order valence-electron chi connectivity index (χ0n) is 14.9. The molecule has 0 heterocycles. The van der Waals surface area contributed by atoms with Gasteiger partial charge in [0.1, 0.15) is 0 Å². The van der Waals surface area contributed by atoms with Gasteiger partial charge in [-0.25, -0.2) is 0 Å². The van der Waals surface area contributed by atoms with Gasteiger partial charge in [0.25, 0.3) is 0 Å². The van der Waals surface area contributed by atoms with Crippen LogP contribution in [-0.4, -0.2) is 17.7 Å². The second-order valence-electron chi connectivity index (χ2n) is 6.09. The van der Waals surface area contributed by atoms with Gasteiger partial charge in [0.15, 0.2) is 0 Å². The Morgan fingerprint density at radius 2 is 0.571 bits per heavy atom. The van der Waals surface area contributed by atoms with E-state index in [4.69, 9.17) is 10.0 Å². The molecule has 0 spiro atoms. The van der Waals surface area contributed by atoms with Gasteiger partial charge in [-0.2, -0.15) is 0 Å². The van der Waals surface area contributed by atoms with Crippen LogP contribution >= 0.6 is 0 Å². The summed E-state index contributed by atoms with van der Waals surface area (Å²) in [5.41, 5.74) is 0. The molecule has 0 rings (SSSR count). The Morgan fingerprint density at radius 1 is 0.429 bits per heavy atom. The molecule has 0 fully saturated rings. The molecule has 0 saturated heterocycles. The lowest BCUT2D eigenvalue weighted by Crippen LogP contribution is -1.83. The Morgan fingerprint density at radius 3 is 0.714 bits per heavy atom. The van der Waals surface area contributed by atoms with Gasteiger partial charge in [0, 0.05) is 0 Å². The Balaban J connectivity index is 0. The molecule has 0 atom stereocenters. The first-order chi connectivity index (χ1) is 10.3. The largest absolute Gasteiger partial charge is 0.432 e. The Hall–Kier alpha value is -0.0151. The quantitative estimate of drug-likeness (QED) is 0.309. The molecular weight excluding hydrogens is 259 g/mol. The van der Waals surface area contributed by atoms with Gasteiger partial charge in [-0.3, -0.25) is 0 Å². The summed E-state index contributed by atoms with van der Waals surface area (Å²) >= 11 is 0. The summed E-state index contributed by atoms with van der Waals surface area (Å²) in [4.78, 5) is 0. The van der Waals surface area contributed by atoms with Crippen molar-refractivity contribution in [3.8, 4) is 0 Å². The first kappa shape index (κ1) is 23.3. The van der Waals surface area contributed by atoms with Crippen LogP contribution in [0.15, 0.2) is 0 Å². The minimum Gasteiger partial charge on any atom is -0.430 e. The van der Waals surface area contributed by atoms with Crippen LogP contribution in [0.25, 0.3) is 0 Å². The van der Waals surface area contributed by atoms with Gasteiger partial charge < -0.3 is 10.0 Å². The SMILES string of the molecule is CCCCCCCCCCCCCCCCCC.OBO. The van der Waals surface area contributed by atoms with Crippen LogP contribution in [0.4, 0.5) is 0 Å². The fraction of sp³-hybridized carbons (Fsp3) is 1.00. The standard InChI is InChI=1S/C18H38.BH3O2/c1-3-5-7-9-11-13-15-17-18-16-14-12-10-8-6-4-2;2-1-3/h3-18H2,1-2H3;1-3H. The van der Waals surface area contributed by atoms with Crippen molar-refractivity contribution in [1.82, 2.24) is 0 Å². The van der Waals surface area contributed by atoms with Crippen molar-refractivity contribution in [3.63, 3.8) is 0 Å². The van der Waals surface area contributed by atoms with E-state index in [1.165, 1.54) is 103 Å². The van der Waals surface area contributed by atoms with Crippen molar-refractivity contribution in [3.05, 3.63) is 0 Å². The molecule has 0 aliphatic carbocycles. The molecule has 0 aliphatic rings. The number of hydrogen-bond acceptors (Lipinski definition) is 2. The smallest absolute Gasteiger partial charge is 0.430 e. The molecule has 3 heteroatoms. The molecule has 0 unspecified atom stereocenters. The lowest BCUT2D eigenvalue weighted by molar-refractivity contribution is 0.448. The minimum atomic E-state index is -0.750. The molecule has 0 aromatic heterocycles. The average molecular weight is 300 g/mol. The molecule has 0 aromatic rings. The van der Waals surface area contributed by atoms with Gasteiger partial charge in [0.05, 0.1) is 0 Å². The highest BCUT2D eigenvalue weighted by Gasteiger charge is 1.93. The predicted molar refractivity (Wildman–Crippen MR) is 96.8 cm³/mol. The summed E-state index contributed by atoms with van der Waals surface area (Å²) in [6, 6.07) is 0. The van der Waals surface area contributed by atoms with Crippen molar-refractivity contribution < 1.29 is 10.0 Å². The second kappa shape index (κ2) is 25.0. The lowest BCUT2D eigenvalue weighted by Gasteiger charge is -2.03. The molecule has 128 valence electrons. The molecule has 0 aromatic carbocycles. The predicted octanol–water partition coefficient (Wildman–Crippen LogP) is 5.51. The van der Waals surface area contributed by atoms with Crippen LogP contribution in [-0.2, 0) is 0 Å². The minimum absolute atomic E-state index is 0.750. The van der Waals surface area contributed by atoms with Crippen molar-refractivity contribution >= 4 is 7.69 Å². The monoisotopic (exact) mass is 300 g/mol. The third-order valence-electron chi connectivity index (χ3n) is 3.96. The third kappa shape index (κ3) is 28.8. The van der Waals surface area contributed by atoms with E-state index >= 15 is 0 Å². The second-order valence-corrected chi connectivity index (χ2v) is 6.09. The fourth-order valence-electron chi connectivity index (χ4n) is 2.62. The summed E-state index contributed by atoms with van der Waals surface area (Å²) in [5, 5.41) is 14.2. The average Bonchev–Trinajstić information content (AvgIpc) is 2.48. The third-order valence-corrected chi connectivity index (χ3v) is 3.96. The summed E-state index contributed by atoms with van der Waals surface area (Å²) in [5.74, 6) is 0. The fourth-order valence-corrected chi connectivity index (χ4v) is 2.62. The molecular formula is C18H41BO2. The van der Waals surface area contributed by atoms with E-state index in [-0.39, 0.29) is 0 Å². The summed E-state index contributed by atoms with van der Waals surface area (Å²) in [6.07, 6.45) is 23.4. The molecule has 0 saturated carbocycles. The lowest BCUT2D eigenvalue weighted by atomic mass is 10.0. The maximum Gasteiger partial charge on any atom is 0.432 e. The van der Waals surface area contributed by atoms with E-state index in [1.54, 1.807) is 0 Å². The Bertz CT molecular complexity index is 138. The van der Waals surface area contributed by atoms with Crippen molar-refractivity contribution in [2.45, 2.75) is 117 Å². The molecule has 0 bridgehead atoms. The normalized spacial score (nSPS) is 10.1. The molecule has 2 nitrogen and oxygen atoms in total. The molecule has 2 N–H and O–H groups in total. The van der Waals surface area contributed by atoms with E-state index in [0.29, 0.717) is 0 Å². The van der Waals surface area contributed by atoms with Crippen LogP contribution in [0.3, 0.4) is 0 Å². The number of unbranched alkanes of at least 4 members (excludes halogenated alkanes) is 15. The van der Waals surface area contributed by atoms with Crippen LogP contribution < -0.4 is 0 Å². The van der Waals surface area contributed by atoms with E-state index in [1.807, 2.05) is 0 Å². The summed E-state index contributed by atoms with van der Waals surface area (Å²) in [7, 11) is -0.750. The van der Waals surface area contributed by atoms with Crippen LogP contribution in [0.2, 0.25) is 0 Å². The van der Waals surface area contributed by atoms with Gasteiger partial charge in [-0.15, -0.1) is 0 Å². The highest BCUT2D eigenvalue weighted by atomic mass is 16.4. The summed E-state index contributed by atoms with van der Waals surface area (Å²) in [6.45, 7) is 4.59. The van der Waals surface area contributed by atoms with Crippen LogP contribution in [0.5, 0.6) is 0 Å². The highest BCUT2D eigenvalue weighted by molar-refractivity contribution is 6.13. The van der Waals surface area contributed by atoms with Gasteiger partial charge >= 0.3 is 7.69 Å². The summed E-state index contributed by atoms with van der Waals surface area (Å²) < 4.78 is 0. The highest BCUT2D eigenvalue weighted by Crippen LogP contribution is 2.13. The number of hydrogen-bond donors (Lipinski definition) is 2. The molecule has 0 aliphatic heterocycles. The zero-order chi connectivity index (χ0) is 16.0. The molecule has 21 heavy (non-hydrogen) atoms. The Kier molecular flexibility index (Phi) is 27.6. The van der Waals surface area contributed by atoms with E-state index < -0.39 is 7.69 Å². The maximum absolute atomic E-state index is 7.12. The van der Waals surface area contributed by atoms with E-state index in [9.17, 15) is 0 Å².